The lowest BCUT2D eigenvalue weighted by atomic mass is 9.97. The molecule has 1 aromatic carbocycles. The van der Waals surface area contributed by atoms with Gasteiger partial charge < -0.3 is 10.6 Å². The van der Waals surface area contributed by atoms with Crippen molar-refractivity contribution in [1.29, 1.82) is 0 Å². The van der Waals surface area contributed by atoms with Crippen LogP contribution in [0.2, 0.25) is 5.02 Å². The second-order valence-corrected chi connectivity index (χ2v) is 5.91. The van der Waals surface area contributed by atoms with Gasteiger partial charge in [0, 0.05) is 16.8 Å². The van der Waals surface area contributed by atoms with Gasteiger partial charge in [-0.2, -0.15) is 0 Å². The summed E-state index contributed by atoms with van der Waals surface area (Å²) in [7, 11) is 0. The van der Waals surface area contributed by atoms with Gasteiger partial charge in [-0.15, -0.1) is 0 Å². The van der Waals surface area contributed by atoms with Crippen LogP contribution >= 0.6 is 11.6 Å². The molecule has 0 aromatic heterocycles. The van der Waals surface area contributed by atoms with Gasteiger partial charge in [-0.3, -0.25) is 4.79 Å². The molecule has 0 spiro atoms. The Bertz CT molecular complexity index is 411. The summed E-state index contributed by atoms with van der Waals surface area (Å²) in [6.07, 6.45) is 8.95. The monoisotopic (exact) mass is 294 g/mol. The molecule has 1 aliphatic carbocycles. The van der Waals surface area contributed by atoms with Crippen molar-refractivity contribution in [3.8, 4) is 0 Å². The summed E-state index contributed by atoms with van der Waals surface area (Å²) in [5.74, 6) is 0.00869. The minimum Gasteiger partial charge on any atom is -0.325 e. The first-order valence-electron chi connectivity index (χ1n) is 7.53. The average Bonchev–Trinajstić information content (AvgIpc) is 2.40. The van der Waals surface area contributed by atoms with Crippen LogP contribution in [0.5, 0.6) is 0 Å². The third-order valence-electron chi connectivity index (χ3n) is 3.78. The molecule has 0 saturated heterocycles. The molecule has 1 aliphatic rings. The smallest absolute Gasteiger partial charge is 0.238 e. The number of rotatable bonds is 4. The molecule has 20 heavy (non-hydrogen) atoms. The molecule has 1 aromatic rings. The van der Waals surface area contributed by atoms with Gasteiger partial charge in [-0.05, 0) is 37.1 Å². The topological polar surface area (TPSA) is 41.1 Å². The Labute approximate surface area is 126 Å². The van der Waals surface area contributed by atoms with Crippen LogP contribution in [0, 0.1) is 0 Å². The number of nitrogens with one attached hydrogen (secondary N) is 2. The highest BCUT2D eigenvalue weighted by atomic mass is 35.5. The van der Waals surface area contributed by atoms with Crippen molar-refractivity contribution in [2.24, 2.45) is 0 Å². The largest absolute Gasteiger partial charge is 0.325 e. The summed E-state index contributed by atoms with van der Waals surface area (Å²) in [6.45, 7) is 0.382. The Hall–Kier alpha value is -1.06. The Morgan fingerprint density at radius 3 is 2.30 bits per heavy atom. The molecule has 1 fully saturated rings. The van der Waals surface area contributed by atoms with E-state index in [0.717, 1.165) is 5.69 Å². The Morgan fingerprint density at radius 1 is 1.05 bits per heavy atom. The second kappa shape index (κ2) is 8.28. The normalized spacial score (nSPS) is 17.2. The van der Waals surface area contributed by atoms with Crippen LogP contribution in [0.25, 0.3) is 0 Å². The first-order chi connectivity index (χ1) is 9.74. The minimum atomic E-state index is 0.00869. The molecule has 0 bridgehead atoms. The molecular weight excluding hydrogens is 272 g/mol. The zero-order chi connectivity index (χ0) is 14.2. The van der Waals surface area contributed by atoms with E-state index in [1.165, 1.54) is 44.9 Å². The van der Waals surface area contributed by atoms with E-state index >= 15 is 0 Å². The zero-order valence-corrected chi connectivity index (χ0v) is 12.6. The van der Waals surface area contributed by atoms with Crippen LogP contribution in [-0.2, 0) is 4.79 Å². The average molecular weight is 295 g/mol. The molecular formula is C16H23ClN2O. The summed E-state index contributed by atoms with van der Waals surface area (Å²) in [6, 6.07) is 7.68. The fraction of sp³-hybridized carbons (Fsp3) is 0.562. The van der Waals surface area contributed by atoms with Crippen LogP contribution in [0.1, 0.15) is 44.9 Å². The number of hydrogen-bond donors (Lipinski definition) is 2. The van der Waals surface area contributed by atoms with Gasteiger partial charge in [-0.1, -0.05) is 43.7 Å². The number of benzene rings is 1. The summed E-state index contributed by atoms with van der Waals surface area (Å²) in [5.41, 5.74) is 0.791. The molecule has 1 saturated carbocycles. The van der Waals surface area contributed by atoms with Crippen molar-refractivity contribution < 1.29 is 4.79 Å². The second-order valence-electron chi connectivity index (χ2n) is 5.48. The van der Waals surface area contributed by atoms with E-state index in [2.05, 4.69) is 10.6 Å². The van der Waals surface area contributed by atoms with E-state index in [-0.39, 0.29) is 5.91 Å². The maximum atomic E-state index is 11.9. The third kappa shape index (κ3) is 5.51. The summed E-state index contributed by atoms with van der Waals surface area (Å²) in [4.78, 5) is 11.9. The van der Waals surface area contributed by atoms with Crippen molar-refractivity contribution in [1.82, 2.24) is 5.32 Å². The molecule has 3 nitrogen and oxygen atoms in total. The van der Waals surface area contributed by atoms with E-state index in [9.17, 15) is 4.79 Å². The number of carbonyl (C=O) groups excluding carboxylic acids is 1. The van der Waals surface area contributed by atoms with E-state index in [4.69, 9.17) is 11.6 Å². The van der Waals surface area contributed by atoms with Crippen LogP contribution in [0.15, 0.2) is 24.3 Å². The summed E-state index contributed by atoms with van der Waals surface area (Å²) in [5, 5.41) is 6.94. The molecule has 0 radical (unpaired) electrons. The molecule has 2 rings (SSSR count). The lowest BCUT2D eigenvalue weighted by Gasteiger charge is -2.20. The summed E-state index contributed by atoms with van der Waals surface area (Å²) >= 11 is 5.81. The lowest BCUT2D eigenvalue weighted by molar-refractivity contribution is -0.115. The van der Waals surface area contributed by atoms with Crippen molar-refractivity contribution in [2.45, 2.75) is 51.0 Å². The fourth-order valence-corrected chi connectivity index (χ4v) is 2.76. The van der Waals surface area contributed by atoms with Gasteiger partial charge >= 0.3 is 0 Å². The molecule has 0 heterocycles. The fourth-order valence-electron chi connectivity index (χ4n) is 2.64. The van der Waals surface area contributed by atoms with Gasteiger partial charge in [-0.25, -0.2) is 0 Å². The SMILES string of the molecule is O=C(CNC1CCCCCCC1)Nc1ccc(Cl)cc1. The first kappa shape index (κ1) is 15.3. The third-order valence-corrected chi connectivity index (χ3v) is 4.04. The van der Waals surface area contributed by atoms with Gasteiger partial charge in [0.15, 0.2) is 0 Å². The number of hydrogen-bond acceptors (Lipinski definition) is 2. The van der Waals surface area contributed by atoms with Gasteiger partial charge in [0.1, 0.15) is 0 Å². The molecule has 1 amide bonds. The highest BCUT2D eigenvalue weighted by Crippen LogP contribution is 2.17. The molecule has 0 atom stereocenters. The predicted molar refractivity (Wildman–Crippen MR) is 84.2 cm³/mol. The first-order valence-corrected chi connectivity index (χ1v) is 7.90. The maximum absolute atomic E-state index is 11.9. The van der Waals surface area contributed by atoms with Crippen molar-refractivity contribution >= 4 is 23.2 Å². The van der Waals surface area contributed by atoms with Crippen LogP contribution < -0.4 is 10.6 Å². The highest BCUT2D eigenvalue weighted by Gasteiger charge is 2.12. The maximum Gasteiger partial charge on any atom is 0.238 e. The van der Waals surface area contributed by atoms with Gasteiger partial charge in [0.2, 0.25) is 5.91 Å². The molecule has 4 heteroatoms. The number of anilines is 1. The highest BCUT2D eigenvalue weighted by molar-refractivity contribution is 6.30. The zero-order valence-electron chi connectivity index (χ0n) is 11.8. The Balaban J connectivity index is 1.72. The summed E-state index contributed by atoms with van der Waals surface area (Å²) < 4.78 is 0. The van der Waals surface area contributed by atoms with Crippen LogP contribution in [0.3, 0.4) is 0 Å². The molecule has 2 N–H and O–H groups in total. The van der Waals surface area contributed by atoms with Crippen molar-refractivity contribution in [3.63, 3.8) is 0 Å². The number of amides is 1. The lowest BCUT2D eigenvalue weighted by Crippen LogP contribution is -2.36. The van der Waals surface area contributed by atoms with Crippen molar-refractivity contribution in [3.05, 3.63) is 29.3 Å². The van der Waals surface area contributed by atoms with E-state index in [1.54, 1.807) is 12.1 Å². The number of carbonyl (C=O) groups is 1. The van der Waals surface area contributed by atoms with Crippen LogP contribution in [-0.4, -0.2) is 18.5 Å². The van der Waals surface area contributed by atoms with E-state index in [0.29, 0.717) is 17.6 Å². The molecule has 110 valence electrons. The van der Waals surface area contributed by atoms with Gasteiger partial charge in [0.05, 0.1) is 6.54 Å². The van der Waals surface area contributed by atoms with E-state index in [1.807, 2.05) is 12.1 Å². The predicted octanol–water partition coefficient (Wildman–Crippen LogP) is 3.98. The molecule has 0 unspecified atom stereocenters. The van der Waals surface area contributed by atoms with Crippen molar-refractivity contribution in [2.75, 3.05) is 11.9 Å². The Kier molecular flexibility index (Phi) is 6.34. The minimum absolute atomic E-state index is 0.00869. The Morgan fingerprint density at radius 2 is 1.65 bits per heavy atom. The standard InChI is InChI=1S/C16H23ClN2O/c17-13-8-10-15(11-9-13)19-16(20)12-18-14-6-4-2-1-3-5-7-14/h8-11,14,18H,1-7,12H2,(H,19,20). The number of halogens is 1. The quantitative estimate of drug-likeness (QED) is 0.882. The van der Waals surface area contributed by atoms with Gasteiger partial charge in [0.25, 0.3) is 0 Å². The van der Waals surface area contributed by atoms with E-state index < -0.39 is 0 Å². The molecule has 0 aliphatic heterocycles. The van der Waals surface area contributed by atoms with Crippen LogP contribution in [0.4, 0.5) is 5.69 Å².